The van der Waals surface area contributed by atoms with Crippen LogP contribution >= 0.6 is 0 Å². The van der Waals surface area contributed by atoms with Crippen LogP contribution in [0.1, 0.15) is 6.42 Å². The molecule has 0 saturated heterocycles. The Morgan fingerprint density at radius 3 is 2.73 bits per heavy atom. The van der Waals surface area contributed by atoms with E-state index in [1.165, 1.54) is 6.08 Å². The minimum atomic E-state index is -0.647. The van der Waals surface area contributed by atoms with Gasteiger partial charge in [0, 0.05) is 12.0 Å². The van der Waals surface area contributed by atoms with Crippen molar-refractivity contribution in [3.8, 4) is 24.2 Å². The fraction of sp³-hybridized carbons (Fsp3) is 0.333. The molecule has 2 heteroatoms. The van der Waals surface area contributed by atoms with Gasteiger partial charge in [0.2, 0.25) is 0 Å². The highest BCUT2D eigenvalue weighted by molar-refractivity contribution is 5.40. The zero-order valence-corrected chi connectivity index (χ0v) is 5.91. The Morgan fingerprint density at radius 1 is 1.55 bits per heavy atom. The van der Waals surface area contributed by atoms with Crippen LogP contribution in [0.25, 0.3) is 0 Å². The maximum absolute atomic E-state index is 9.19. The first-order valence-electron chi connectivity index (χ1n) is 3.28. The largest absolute Gasteiger partial charge is 0.389 e. The average molecular weight is 148 g/mol. The molecule has 0 bridgehead atoms. The molecule has 0 radical (unpaired) electrons. The van der Waals surface area contributed by atoms with Gasteiger partial charge in [-0.3, -0.25) is 0 Å². The Hall–Kier alpha value is -1.22. The van der Waals surface area contributed by atoms with Gasteiger partial charge in [-0.05, 0) is 17.9 Å². The number of hydrogen-bond acceptors (Lipinski definition) is 2. The Kier molecular flexibility index (Phi) is 2.33. The molecule has 0 saturated carbocycles. The summed E-state index contributed by atoms with van der Waals surface area (Å²) in [7, 11) is 0. The second-order valence-corrected chi connectivity index (χ2v) is 2.34. The Balaban J connectivity index is 2.73. The molecule has 0 fully saturated rings. The van der Waals surface area contributed by atoms with Crippen LogP contribution in [0, 0.1) is 24.2 Å². The van der Waals surface area contributed by atoms with E-state index in [4.69, 9.17) is 11.5 Å². The van der Waals surface area contributed by atoms with Gasteiger partial charge in [-0.1, -0.05) is 5.92 Å². The third-order valence-corrected chi connectivity index (χ3v) is 1.47. The molecule has 0 aromatic carbocycles. The highest BCUT2D eigenvalue weighted by Crippen LogP contribution is 2.17. The maximum Gasteiger partial charge on any atom is 0.0893 e. The molecule has 56 valence electrons. The smallest absolute Gasteiger partial charge is 0.0893 e. The zero-order valence-electron chi connectivity index (χ0n) is 5.91. The first-order chi connectivity index (χ1) is 5.24. The molecule has 11 heavy (non-hydrogen) atoms. The van der Waals surface area contributed by atoms with Crippen LogP contribution < -0.4 is 0 Å². The molecule has 2 N–H and O–H groups in total. The maximum atomic E-state index is 9.19. The molecule has 2 atom stereocenters. The van der Waals surface area contributed by atoms with Crippen molar-refractivity contribution in [2.45, 2.75) is 18.6 Å². The van der Waals surface area contributed by atoms with Crippen LogP contribution in [0.2, 0.25) is 0 Å². The lowest BCUT2D eigenvalue weighted by atomic mass is 10.2. The summed E-state index contributed by atoms with van der Waals surface area (Å²) in [5, 5.41) is 18.2. The van der Waals surface area contributed by atoms with E-state index < -0.39 is 12.2 Å². The van der Waals surface area contributed by atoms with E-state index in [9.17, 15) is 5.11 Å². The summed E-state index contributed by atoms with van der Waals surface area (Å²) in [4.78, 5) is 0. The molecular formula is C9H8O2. The molecule has 0 aromatic heterocycles. The quantitative estimate of drug-likeness (QED) is 0.462. The Labute approximate surface area is 65.6 Å². The van der Waals surface area contributed by atoms with Crippen LogP contribution in [-0.2, 0) is 0 Å². The lowest BCUT2D eigenvalue weighted by Gasteiger charge is -1.99. The van der Waals surface area contributed by atoms with Crippen LogP contribution in [0.5, 0.6) is 0 Å². The fourth-order valence-corrected chi connectivity index (χ4v) is 0.975. The number of aliphatic hydroxyl groups excluding tert-OH is 2. The summed E-state index contributed by atoms with van der Waals surface area (Å²) >= 11 is 0. The van der Waals surface area contributed by atoms with Crippen molar-refractivity contribution >= 4 is 0 Å². The SMILES string of the molecule is C#CC#CC1=C[C@H](O)C[C@@H]1O. The van der Waals surface area contributed by atoms with Crippen molar-refractivity contribution in [2.24, 2.45) is 0 Å². The lowest BCUT2D eigenvalue weighted by Crippen LogP contribution is -2.07. The number of aliphatic hydroxyl groups is 2. The van der Waals surface area contributed by atoms with Gasteiger partial charge in [0.15, 0.2) is 0 Å². The van der Waals surface area contributed by atoms with Crippen molar-refractivity contribution in [1.29, 1.82) is 0 Å². The molecule has 1 rings (SSSR count). The van der Waals surface area contributed by atoms with E-state index in [0.29, 0.717) is 12.0 Å². The number of terminal acetylenes is 1. The van der Waals surface area contributed by atoms with Gasteiger partial charge in [0.25, 0.3) is 0 Å². The van der Waals surface area contributed by atoms with Gasteiger partial charge < -0.3 is 10.2 Å². The first kappa shape index (κ1) is 7.88. The standard InChI is InChI=1S/C9H8O2/c1-2-3-4-7-5-8(10)6-9(7)11/h1,5,8-11H,6H2/t8-,9-/m0/s1. The van der Waals surface area contributed by atoms with Gasteiger partial charge in [-0.15, -0.1) is 6.42 Å². The van der Waals surface area contributed by atoms with Gasteiger partial charge in [0.1, 0.15) is 0 Å². The van der Waals surface area contributed by atoms with Gasteiger partial charge in [-0.25, -0.2) is 0 Å². The van der Waals surface area contributed by atoms with Crippen LogP contribution in [0.4, 0.5) is 0 Å². The number of hydrogen-bond donors (Lipinski definition) is 2. The highest BCUT2D eigenvalue weighted by atomic mass is 16.3. The predicted molar refractivity (Wildman–Crippen MR) is 41.3 cm³/mol. The molecular weight excluding hydrogens is 140 g/mol. The second-order valence-electron chi connectivity index (χ2n) is 2.34. The van der Waals surface area contributed by atoms with Gasteiger partial charge >= 0.3 is 0 Å². The second kappa shape index (κ2) is 3.25. The molecule has 0 spiro atoms. The van der Waals surface area contributed by atoms with Gasteiger partial charge in [0.05, 0.1) is 12.2 Å². The molecule has 2 nitrogen and oxygen atoms in total. The minimum absolute atomic E-state index is 0.328. The highest BCUT2D eigenvalue weighted by Gasteiger charge is 2.21. The van der Waals surface area contributed by atoms with Crippen molar-refractivity contribution in [1.82, 2.24) is 0 Å². The van der Waals surface area contributed by atoms with E-state index in [1.54, 1.807) is 0 Å². The van der Waals surface area contributed by atoms with E-state index in [0.717, 1.165) is 0 Å². The van der Waals surface area contributed by atoms with Crippen LogP contribution in [0.15, 0.2) is 11.6 Å². The van der Waals surface area contributed by atoms with Crippen molar-refractivity contribution in [3.05, 3.63) is 11.6 Å². The Bertz CT molecular complexity index is 272. The summed E-state index contributed by atoms with van der Waals surface area (Å²) < 4.78 is 0. The van der Waals surface area contributed by atoms with Crippen LogP contribution in [-0.4, -0.2) is 22.4 Å². The first-order valence-corrected chi connectivity index (χ1v) is 3.28. The molecule has 0 aliphatic heterocycles. The molecule has 0 heterocycles. The van der Waals surface area contributed by atoms with Crippen molar-refractivity contribution in [2.75, 3.05) is 0 Å². The minimum Gasteiger partial charge on any atom is -0.389 e. The van der Waals surface area contributed by atoms with E-state index >= 15 is 0 Å². The van der Waals surface area contributed by atoms with E-state index in [1.807, 2.05) is 0 Å². The summed E-state index contributed by atoms with van der Waals surface area (Å²) in [6, 6.07) is 0. The van der Waals surface area contributed by atoms with E-state index in [2.05, 4.69) is 17.8 Å². The number of rotatable bonds is 0. The van der Waals surface area contributed by atoms with Crippen LogP contribution in [0.3, 0.4) is 0 Å². The third kappa shape index (κ3) is 1.85. The zero-order chi connectivity index (χ0) is 8.27. The molecule has 1 aliphatic carbocycles. The monoisotopic (exact) mass is 148 g/mol. The average Bonchev–Trinajstić information content (AvgIpc) is 2.26. The van der Waals surface area contributed by atoms with E-state index in [-0.39, 0.29) is 0 Å². The topological polar surface area (TPSA) is 40.5 Å². The normalized spacial score (nSPS) is 28.3. The summed E-state index contributed by atoms with van der Waals surface area (Å²) in [5.41, 5.74) is 0.524. The van der Waals surface area contributed by atoms with Crippen molar-refractivity contribution in [3.63, 3.8) is 0 Å². The third-order valence-electron chi connectivity index (χ3n) is 1.47. The van der Waals surface area contributed by atoms with Crippen molar-refractivity contribution < 1.29 is 10.2 Å². The molecule has 0 aromatic rings. The summed E-state index contributed by atoms with van der Waals surface area (Å²) in [6.45, 7) is 0. The Morgan fingerprint density at radius 2 is 2.27 bits per heavy atom. The lowest BCUT2D eigenvalue weighted by molar-refractivity contribution is 0.149. The predicted octanol–water partition coefficient (Wildman–Crippen LogP) is -0.325. The molecule has 0 amide bonds. The van der Waals surface area contributed by atoms with Gasteiger partial charge in [-0.2, -0.15) is 0 Å². The molecule has 0 unspecified atom stereocenters. The summed E-state index contributed by atoms with van der Waals surface area (Å²) in [6.07, 6.45) is 5.52. The fourth-order valence-electron chi connectivity index (χ4n) is 0.975. The summed E-state index contributed by atoms with van der Waals surface area (Å²) in [5.74, 6) is 7.09. The molecule has 1 aliphatic rings.